The Balaban J connectivity index is 2.17. The van der Waals surface area contributed by atoms with Gasteiger partial charge in [-0.05, 0) is 43.9 Å². The van der Waals surface area contributed by atoms with E-state index in [0.29, 0.717) is 37.0 Å². The third-order valence-electron chi connectivity index (χ3n) is 4.77. The van der Waals surface area contributed by atoms with Crippen molar-refractivity contribution >= 4 is 17.6 Å². The summed E-state index contributed by atoms with van der Waals surface area (Å²) in [5.74, 6) is -0.851. The first-order valence-corrected chi connectivity index (χ1v) is 8.19. The van der Waals surface area contributed by atoms with Gasteiger partial charge in [0, 0.05) is 30.4 Å². The number of rotatable bonds is 5. The maximum absolute atomic E-state index is 12.7. The molecule has 1 aliphatic rings. The zero-order valence-electron chi connectivity index (χ0n) is 14.3. The molecule has 0 aromatic heterocycles. The van der Waals surface area contributed by atoms with Crippen molar-refractivity contribution in [1.82, 2.24) is 4.90 Å². The highest BCUT2D eigenvalue weighted by molar-refractivity contribution is 5.97. The van der Waals surface area contributed by atoms with Gasteiger partial charge in [-0.3, -0.25) is 9.59 Å². The van der Waals surface area contributed by atoms with E-state index < -0.39 is 11.9 Å². The van der Waals surface area contributed by atoms with Crippen molar-refractivity contribution in [2.75, 3.05) is 18.4 Å². The molecule has 2 atom stereocenters. The molecule has 5 nitrogen and oxygen atoms in total. The summed E-state index contributed by atoms with van der Waals surface area (Å²) in [7, 11) is 0. The van der Waals surface area contributed by atoms with Crippen molar-refractivity contribution in [3.63, 3.8) is 0 Å². The number of benzene rings is 1. The van der Waals surface area contributed by atoms with Crippen molar-refractivity contribution in [3.05, 3.63) is 29.3 Å². The van der Waals surface area contributed by atoms with Gasteiger partial charge < -0.3 is 15.3 Å². The van der Waals surface area contributed by atoms with Gasteiger partial charge in [0.25, 0.3) is 5.91 Å². The number of carbonyl (C=O) groups excluding carboxylic acids is 1. The van der Waals surface area contributed by atoms with E-state index in [0.717, 1.165) is 11.3 Å². The Kier molecular flexibility index (Phi) is 5.29. The molecule has 1 aromatic carbocycles. The Hall–Kier alpha value is -2.04. The molecule has 0 spiro atoms. The lowest BCUT2D eigenvalue weighted by Gasteiger charge is -2.23. The van der Waals surface area contributed by atoms with Crippen molar-refractivity contribution in [3.8, 4) is 0 Å². The molecule has 1 amide bonds. The maximum atomic E-state index is 12.7. The first-order chi connectivity index (χ1) is 10.8. The molecule has 2 N–H and O–H groups in total. The Labute approximate surface area is 137 Å². The summed E-state index contributed by atoms with van der Waals surface area (Å²) in [5, 5.41) is 12.5. The van der Waals surface area contributed by atoms with Gasteiger partial charge in [0.2, 0.25) is 0 Å². The minimum atomic E-state index is -0.821. The van der Waals surface area contributed by atoms with E-state index in [-0.39, 0.29) is 5.91 Å². The zero-order chi connectivity index (χ0) is 17.1. The number of anilines is 1. The number of nitrogens with one attached hydrogen (secondary N) is 1. The Morgan fingerprint density at radius 1 is 1.30 bits per heavy atom. The lowest BCUT2D eigenvalue weighted by Crippen LogP contribution is -2.30. The van der Waals surface area contributed by atoms with Crippen molar-refractivity contribution in [2.45, 2.75) is 40.2 Å². The highest BCUT2D eigenvalue weighted by atomic mass is 16.4. The summed E-state index contributed by atoms with van der Waals surface area (Å²) < 4.78 is 0. The number of carboxylic acid groups (broad SMARTS) is 1. The normalized spacial score (nSPS) is 19.0. The van der Waals surface area contributed by atoms with Gasteiger partial charge in [-0.2, -0.15) is 0 Å². The molecule has 1 heterocycles. The lowest BCUT2D eigenvalue weighted by molar-refractivity contribution is -0.141. The fraction of sp³-hybridized carbons (Fsp3) is 0.556. The molecule has 5 heteroatoms. The van der Waals surface area contributed by atoms with Crippen LogP contribution < -0.4 is 5.32 Å². The summed E-state index contributed by atoms with van der Waals surface area (Å²) in [5.41, 5.74) is 2.53. The molecule has 1 saturated heterocycles. The van der Waals surface area contributed by atoms with Crippen LogP contribution in [0.4, 0.5) is 5.69 Å². The summed E-state index contributed by atoms with van der Waals surface area (Å²) in [6, 6.07) is 5.98. The topological polar surface area (TPSA) is 69.6 Å². The third-order valence-corrected chi connectivity index (χ3v) is 4.77. The van der Waals surface area contributed by atoms with E-state index in [1.54, 1.807) is 4.90 Å². The second-order valence-corrected chi connectivity index (χ2v) is 6.73. The molecule has 1 fully saturated rings. The number of likely N-dealkylation sites (tertiary alicyclic amines) is 1. The van der Waals surface area contributed by atoms with Crippen LogP contribution in [0.15, 0.2) is 18.2 Å². The van der Waals surface area contributed by atoms with Crippen molar-refractivity contribution in [2.24, 2.45) is 11.8 Å². The first kappa shape index (κ1) is 17.3. The molecule has 1 aliphatic heterocycles. The number of carboxylic acids is 1. The predicted molar refractivity (Wildman–Crippen MR) is 90.7 cm³/mol. The number of aliphatic carboxylic acids is 1. The fourth-order valence-electron chi connectivity index (χ4n) is 2.75. The van der Waals surface area contributed by atoms with Crippen LogP contribution in [0.5, 0.6) is 0 Å². The Morgan fingerprint density at radius 3 is 2.57 bits per heavy atom. The van der Waals surface area contributed by atoms with Crippen LogP contribution >= 0.6 is 0 Å². The van der Waals surface area contributed by atoms with Gasteiger partial charge in [0.15, 0.2) is 0 Å². The van der Waals surface area contributed by atoms with Gasteiger partial charge in [-0.25, -0.2) is 0 Å². The van der Waals surface area contributed by atoms with Crippen LogP contribution in [-0.2, 0) is 4.79 Å². The Morgan fingerprint density at radius 2 is 2.00 bits per heavy atom. The van der Waals surface area contributed by atoms with Gasteiger partial charge in [0.1, 0.15) is 0 Å². The van der Waals surface area contributed by atoms with Crippen LogP contribution in [0.3, 0.4) is 0 Å². The monoisotopic (exact) mass is 318 g/mol. The van der Waals surface area contributed by atoms with Crippen LogP contribution in [0.1, 0.15) is 43.1 Å². The molecule has 0 radical (unpaired) electrons. The standard InChI is InChI=1S/C18H26N2O3/c1-11(2)13(4)19-16-7-5-6-15(12(16)3)17(21)20-9-8-14(10-20)18(22)23/h5-7,11,13-14,19H,8-10H2,1-4H3,(H,22,23). The molecular weight excluding hydrogens is 292 g/mol. The molecule has 0 saturated carbocycles. The molecule has 0 bridgehead atoms. The summed E-state index contributed by atoms with van der Waals surface area (Å²) in [4.78, 5) is 25.4. The molecule has 2 unspecified atom stereocenters. The predicted octanol–water partition coefficient (Wildman–Crippen LogP) is 3.00. The lowest BCUT2D eigenvalue weighted by atomic mass is 10.0. The van der Waals surface area contributed by atoms with Crippen LogP contribution in [-0.4, -0.2) is 41.0 Å². The molecule has 23 heavy (non-hydrogen) atoms. The maximum Gasteiger partial charge on any atom is 0.308 e. The Bertz CT molecular complexity index is 598. The smallest absolute Gasteiger partial charge is 0.308 e. The van der Waals surface area contributed by atoms with Gasteiger partial charge >= 0.3 is 5.97 Å². The largest absolute Gasteiger partial charge is 0.481 e. The van der Waals surface area contributed by atoms with Crippen LogP contribution in [0.25, 0.3) is 0 Å². The van der Waals surface area contributed by atoms with Gasteiger partial charge in [-0.1, -0.05) is 19.9 Å². The third kappa shape index (κ3) is 3.84. The summed E-state index contributed by atoms with van der Waals surface area (Å²) in [6.07, 6.45) is 0.530. The second-order valence-electron chi connectivity index (χ2n) is 6.73. The highest BCUT2D eigenvalue weighted by Gasteiger charge is 2.31. The minimum Gasteiger partial charge on any atom is -0.481 e. The number of amides is 1. The van der Waals surface area contributed by atoms with E-state index >= 15 is 0 Å². The second kappa shape index (κ2) is 7.02. The molecule has 2 rings (SSSR count). The first-order valence-electron chi connectivity index (χ1n) is 8.19. The van der Waals surface area contributed by atoms with Crippen LogP contribution in [0.2, 0.25) is 0 Å². The van der Waals surface area contributed by atoms with E-state index in [4.69, 9.17) is 5.11 Å². The summed E-state index contributed by atoms with van der Waals surface area (Å²) >= 11 is 0. The number of nitrogens with zero attached hydrogens (tertiary/aromatic N) is 1. The zero-order valence-corrected chi connectivity index (χ0v) is 14.3. The average molecular weight is 318 g/mol. The molecule has 1 aromatic rings. The summed E-state index contributed by atoms with van der Waals surface area (Å²) in [6.45, 7) is 9.17. The molecule has 0 aliphatic carbocycles. The van der Waals surface area contributed by atoms with Crippen LogP contribution in [0, 0.1) is 18.8 Å². The SMILES string of the molecule is Cc1c(NC(C)C(C)C)cccc1C(=O)N1CCC(C(=O)O)C1. The van der Waals surface area contributed by atoms with E-state index in [1.807, 2.05) is 25.1 Å². The average Bonchev–Trinajstić information content (AvgIpc) is 2.98. The van der Waals surface area contributed by atoms with E-state index in [9.17, 15) is 9.59 Å². The number of hydrogen-bond acceptors (Lipinski definition) is 3. The molecule has 126 valence electrons. The van der Waals surface area contributed by atoms with Gasteiger partial charge in [0.05, 0.1) is 5.92 Å². The number of hydrogen-bond donors (Lipinski definition) is 2. The van der Waals surface area contributed by atoms with Crippen molar-refractivity contribution in [1.29, 1.82) is 0 Å². The highest BCUT2D eigenvalue weighted by Crippen LogP contribution is 2.25. The van der Waals surface area contributed by atoms with E-state index in [1.165, 1.54) is 0 Å². The van der Waals surface area contributed by atoms with Gasteiger partial charge in [-0.15, -0.1) is 0 Å². The number of carbonyl (C=O) groups is 2. The minimum absolute atomic E-state index is 0.0768. The quantitative estimate of drug-likeness (QED) is 0.875. The van der Waals surface area contributed by atoms with Crippen molar-refractivity contribution < 1.29 is 14.7 Å². The molecular formula is C18H26N2O3. The van der Waals surface area contributed by atoms with E-state index in [2.05, 4.69) is 26.1 Å². The fourth-order valence-corrected chi connectivity index (χ4v) is 2.75.